The Morgan fingerprint density at radius 3 is 2.14 bits per heavy atom. The van der Waals surface area contributed by atoms with Crippen LogP contribution in [0.15, 0.2) is 24.3 Å². The number of Topliss-reactive ketones (excluding diaryl/α,β-unsaturated/α-hetero) is 1. The van der Waals surface area contributed by atoms with E-state index in [0.717, 1.165) is 37.9 Å². The predicted molar refractivity (Wildman–Crippen MR) is 104 cm³/mol. The van der Waals surface area contributed by atoms with Crippen LogP contribution in [-0.2, 0) is 14.3 Å². The molecule has 5 heteroatoms. The summed E-state index contributed by atoms with van der Waals surface area (Å²) in [4.78, 5) is 39.0. The highest BCUT2D eigenvalue weighted by Gasteiger charge is 2.55. The summed E-state index contributed by atoms with van der Waals surface area (Å²) in [5, 5.41) is 0. The minimum atomic E-state index is -0.324. The molecule has 1 aromatic rings. The van der Waals surface area contributed by atoms with E-state index in [1.165, 1.54) is 19.3 Å². The highest BCUT2D eigenvalue weighted by Crippen LogP contribution is 2.60. The first-order chi connectivity index (χ1) is 13.5. The number of ketones is 1. The number of carbonyl (C=O) groups excluding carboxylic acids is 3. The summed E-state index contributed by atoms with van der Waals surface area (Å²) >= 11 is 0. The minimum Gasteiger partial charge on any atom is -0.457 e. The Kier molecular flexibility index (Phi) is 4.29. The Morgan fingerprint density at radius 2 is 1.61 bits per heavy atom. The van der Waals surface area contributed by atoms with Gasteiger partial charge in [-0.2, -0.15) is 0 Å². The Balaban J connectivity index is 1.20. The van der Waals surface area contributed by atoms with Crippen molar-refractivity contribution in [3.05, 3.63) is 29.8 Å². The molecule has 4 bridgehead atoms. The Bertz CT molecular complexity index is 777. The van der Waals surface area contributed by atoms with Crippen molar-refractivity contribution in [3.8, 4) is 0 Å². The van der Waals surface area contributed by atoms with E-state index in [-0.39, 0.29) is 29.7 Å². The van der Waals surface area contributed by atoms with Crippen LogP contribution in [-0.4, -0.2) is 30.8 Å². The van der Waals surface area contributed by atoms with E-state index < -0.39 is 0 Å². The van der Waals surface area contributed by atoms with Crippen molar-refractivity contribution >= 4 is 23.3 Å². The Morgan fingerprint density at radius 1 is 1.00 bits per heavy atom. The normalized spacial score (nSPS) is 33.4. The van der Waals surface area contributed by atoms with Gasteiger partial charge in [-0.3, -0.25) is 14.4 Å². The third kappa shape index (κ3) is 3.05. The van der Waals surface area contributed by atoms with E-state index in [1.807, 2.05) is 0 Å². The molecule has 1 heterocycles. The van der Waals surface area contributed by atoms with Crippen LogP contribution in [0.4, 0.5) is 5.69 Å². The van der Waals surface area contributed by atoms with Crippen molar-refractivity contribution in [2.24, 2.45) is 23.2 Å². The van der Waals surface area contributed by atoms with Gasteiger partial charge in [0.1, 0.15) is 0 Å². The quantitative estimate of drug-likeness (QED) is 0.575. The van der Waals surface area contributed by atoms with Gasteiger partial charge in [0.2, 0.25) is 5.91 Å². The molecule has 1 aromatic carbocycles. The zero-order valence-corrected chi connectivity index (χ0v) is 16.2. The number of carbonyl (C=O) groups is 3. The van der Waals surface area contributed by atoms with Gasteiger partial charge >= 0.3 is 5.97 Å². The number of nitrogens with zero attached hydrogens (tertiary/aromatic N) is 1. The maximum atomic E-state index is 12.9. The van der Waals surface area contributed by atoms with Crippen LogP contribution in [0, 0.1) is 23.2 Å². The number of esters is 1. The van der Waals surface area contributed by atoms with Gasteiger partial charge in [0.25, 0.3) is 0 Å². The number of rotatable bonds is 5. The Labute approximate surface area is 165 Å². The fraction of sp³-hybridized carbons (Fsp3) is 0.609. The second-order valence-corrected chi connectivity index (χ2v) is 9.39. The van der Waals surface area contributed by atoms with Crippen LogP contribution >= 0.6 is 0 Å². The van der Waals surface area contributed by atoms with E-state index >= 15 is 0 Å². The fourth-order valence-corrected chi connectivity index (χ4v) is 6.48. The lowest BCUT2D eigenvalue weighted by atomic mass is 9.49. The summed E-state index contributed by atoms with van der Waals surface area (Å²) in [7, 11) is 0. The lowest BCUT2D eigenvalue weighted by molar-refractivity contribution is -0.170. The van der Waals surface area contributed by atoms with Crippen LogP contribution in [0.3, 0.4) is 0 Å². The molecule has 6 rings (SSSR count). The second-order valence-electron chi connectivity index (χ2n) is 9.39. The van der Waals surface area contributed by atoms with Crippen molar-refractivity contribution in [2.75, 3.05) is 18.1 Å². The number of benzene rings is 1. The van der Waals surface area contributed by atoms with Crippen molar-refractivity contribution in [1.29, 1.82) is 0 Å². The smallest absolute Gasteiger partial charge is 0.312 e. The third-order valence-electron chi connectivity index (χ3n) is 7.38. The average Bonchev–Trinajstić information content (AvgIpc) is 3.11. The summed E-state index contributed by atoms with van der Waals surface area (Å²) in [6.07, 6.45) is 8.13. The molecule has 0 N–H and O–H groups in total. The van der Waals surface area contributed by atoms with Crippen molar-refractivity contribution < 1.29 is 19.1 Å². The molecule has 148 valence electrons. The van der Waals surface area contributed by atoms with Gasteiger partial charge in [0.05, 0.1) is 5.41 Å². The highest BCUT2D eigenvalue weighted by atomic mass is 16.5. The highest BCUT2D eigenvalue weighted by molar-refractivity contribution is 5.99. The maximum absolute atomic E-state index is 12.9. The molecular formula is C23H27NO4. The maximum Gasteiger partial charge on any atom is 0.312 e. The first-order valence-electron chi connectivity index (χ1n) is 10.6. The lowest BCUT2D eigenvalue weighted by Gasteiger charge is -2.55. The Hall–Kier alpha value is -2.17. The number of hydrogen-bond donors (Lipinski definition) is 0. The van der Waals surface area contributed by atoms with E-state index in [9.17, 15) is 14.4 Å². The van der Waals surface area contributed by atoms with Gasteiger partial charge in [0.15, 0.2) is 12.4 Å². The third-order valence-corrected chi connectivity index (χ3v) is 7.38. The molecule has 28 heavy (non-hydrogen) atoms. The largest absolute Gasteiger partial charge is 0.457 e. The van der Waals surface area contributed by atoms with E-state index in [0.29, 0.717) is 29.7 Å². The van der Waals surface area contributed by atoms with E-state index in [4.69, 9.17) is 4.74 Å². The van der Waals surface area contributed by atoms with Crippen LogP contribution in [0.25, 0.3) is 0 Å². The number of ether oxygens (including phenoxy) is 1. The van der Waals surface area contributed by atoms with Gasteiger partial charge in [-0.05, 0) is 87.0 Å². The fourth-order valence-electron chi connectivity index (χ4n) is 6.48. The molecule has 0 spiro atoms. The van der Waals surface area contributed by atoms with Gasteiger partial charge < -0.3 is 9.64 Å². The zero-order valence-electron chi connectivity index (χ0n) is 16.2. The van der Waals surface area contributed by atoms with E-state index in [1.54, 1.807) is 29.2 Å². The molecule has 1 aliphatic heterocycles. The molecule has 1 saturated heterocycles. The SMILES string of the molecule is O=C(COC(=O)C12CC3CC(CC(C3)C1)C2)c1ccc(N2CCCC2=O)cc1. The molecule has 0 unspecified atom stereocenters. The standard InChI is InChI=1S/C23H27NO4/c25-20(18-3-5-19(6-4-18)24-7-1-2-21(24)26)14-28-22(27)23-11-15-8-16(12-23)10-17(9-15)13-23/h3-6,15-17H,1-2,7-14H2. The van der Waals surface area contributed by atoms with Crippen molar-refractivity contribution in [1.82, 2.24) is 0 Å². The molecule has 4 aliphatic carbocycles. The van der Waals surface area contributed by atoms with Crippen LogP contribution in [0.1, 0.15) is 61.7 Å². The first-order valence-corrected chi connectivity index (χ1v) is 10.6. The van der Waals surface area contributed by atoms with Gasteiger partial charge in [-0.15, -0.1) is 0 Å². The first kappa shape index (κ1) is 17.9. The molecule has 5 nitrogen and oxygen atoms in total. The zero-order chi connectivity index (χ0) is 19.3. The number of hydrogen-bond acceptors (Lipinski definition) is 4. The molecular weight excluding hydrogens is 354 g/mol. The molecule has 5 fully saturated rings. The summed E-state index contributed by atoms with van der Waals surface area (Å²) in [6, 6.07) is 7.05. The van der Waals surface area contributed by atoms with E-state index in [2.05, 4.69) is 0 Å². The summed E-state index contributed by atoms with van der Waals surface area (Å²) in [6.45, 7) is 0.539. The van der Waals surface area contributed by atoms with Crippen LogP contribution in [0.2, 0.25) is 0 Å². The van der Waals surface area contributed by atoms with Gasteiger partial charge in [-0.1, -0.05) is 0 Å². The molecule has 5 aliphatic rings. The van der Waals surface area contributed by atoms with Crippen molar-refractivity contribution in [3.63, 3.8) is 0 Å². The molecule has 0 radical (unpaired) electrons. The molecule has 4 saturated carbocycles. The summed E-state index contributed by atoms with van der Waals surface area (Å²) in [5.74, 6) is 1.82. The van der Waals surface area contributed by atoms with Crippen molar-refractivity contribution in [2.45, 2.75) is 51.4 Å². The average molecular weight is 381 g/mol. The molecule has 1 amide bonds. The second kappa shape index (κ2) is 6.71. The minimum absolute atomic E-state index is 0.128. The molecule has 0 atom stereocenters. The molecule has 0 aromatic heterocycles. The lowest BCUT2D eigenvalue weighted by Crippen LogP contribution is -2.50. The topological polar surface area (TPSA) is 63.7 Å². The van der Waals surface area contributed by atoms with Gasteiger partial charge in [0, 0.05) is 24.2 Å². The number of anilines is 1. The van der Waals surface area contributed by atoms with Crippen LogP contribution < -0.4 is 4.90 Å². The monoisotopic (exact) mass is 381 g/mol. The number of amides is 1. The predicted octanol–water partition coefficient (Wildman–Crippen LogP) is 3.76. The summed E-state index contributed by atoms with van der Waals surface area (Å²) < 4.78 is 5.54. The van der Waals surface area contributed by atoms with Gasteiger partial charge in [-0.25, -0.2) is 0 Å². The summed E-state index contributed by atoms with van der Waals surface area (Å²) in [5.41, 5.74) is 1.02. The van der Waals surface area contributed by atoms with Crippen LogP contribution in [0.5, 0.6) is 0 Å².